The van der Waals surface area contributed by atoms with Crippen LogP contribution in [-0.2, 0) is 14.8 Å². The molecule has 0 spiro atoms. The third kappa shape index (κ3) is 6.12. The molecule has 29 heavy (non-hydrogen) atoms. The first kappa shape index (κ1) is 22.5. The quantitative estimate of drug-likeness (QED) is 0.631. The number of carbonyl (C=O) groups is 1. The van der Waals surface area contributed by atoms with Crippen LogP contribution in [0.15, 0.2) is 42.5 Å². The Hall–Kier alpha value is -2.74. The molecule has 0 aliphatic carbocycles. The van der Waals surface area contributed by atoms with E-state index in [1.54, 1.807) is 31.2 Å². The Balaban J connectivity index is 1.99. The van der Waals surface area contributed by atoms with E-state index in [9.17, 15) is 13.2 Å². The Bertz CT molecular complexity index is 942. The van der Waals surface area contributed by atoms with Crippen molar-refractivity contribution in [1.82, 2.24) is 5.32 Å². The van der Waals surface area contributed by atoms with Crippen LogP contribution in [0.5, 0.6) is 11.5 Å². The maximum absolute atomic E-state index is 12.6. The minimum absolute atomic E-state index is 0.261. The number of ether oxygens (including phenoxy) is 2. The van der Waals surface area contributed by atoms with E-state index in [0.29, 0.717) is 11.4 Å². The molecule has 0 aromatic heterocycles. The number of sulfonamides is 1. The highest BCUT2D eigenvalue weighted by molar-refractivity contribution is 7.92. The summed E-state index contributed by atoms with van der Waals surface area (Å²) in [5, 5.41) is 2.73. The third-order valence-electron chi connectivity index (χ3n) is 4.40. The molecule has 0 aliphatic rings. The summed E-state index contributed by atoms with van der Waals surface area (Å²) in [5.41, 5.74) is 2.56. The van der Waals surface area contributed by atoms with Crippen LogP contribution in [0.1, 0.15) is 18.1 Å². The normalized spacial score (nSPS) is 12.2. The Morgan fingerprint density at radius 1 is 1.14 bits per heavy atom. The highest BCUT2D eigenvalue weighted by Gasteiger charge is 2.28. The molecular weight excluding hydrogens is 392 g/mol. The van der Waals surface area contributed by atoms with Gasteiger partial charge in [0.15, 0.2) is 0 Å². The van der Waals surface area contributed by atoms with Gasteiger partial charge in [0.05, 0.1) is 25.6 Å². The first-order chi connectivity index (χ1) is 13.6. The van der Waals surface area contributed by atoms with Crippen molar-refractivity contribution in [3.8, 4) is 11.5 Å². The van der Waals surface area contributed by atoms with Crippen LogP contribution in [0.4, 0.5) is 5.69 Å². The van der Waals surface area contributed by atoms with Crippen molar-refractivity contribution < 1.29 is 22.7 Å². The van der Waals surface area contributed by atoms with E-state index in [2.05, 4.69) is 5.32 Å². The molecule has 1 atom stereocenters. The second kappa shape index (κ2) is 9.65. The molecule has 0 radical (unpaired) electrons. The number of hydrogen-bond donors (Lipinski definition) is 1. The summed E-state index contributed by atoms with van der Waals surface area (Å²) in [7, 11) is -2.14. The topological polar surface area (TPSA) is 84.9 Å². The summed E-state index contributed by atoms with van der Waals surface area (Å²) < 4.78 is 36.5. The lowest BCUT2D eigenvalue weighted by Gasteiger charge is -2.28. The van der Waals surface area contributed by atoms with Gasteiger partial charge in [-0.3, -0.25) is 9.10 Å². The standard InChI is InChI=1S/C21H28N2O5S/c1-15-6-11-20(16(2)14-15)28-13-12-22-21(24)17(3)23(29(5,25)26)18-7-9-19(27-4)10-8-18/h6-11,14,17H,12-13H2,1-5H3,(H,22,24)/t17-/m0/s1. The molecule has 0 saturated heterocycles. The first-order valence-corrected chi connectivity index (χ1v) is 11.1. The number of anilines is 1. The van der Waals surface area contributed by atoms with Gasteiger partial charge in [0.1, 0.15) is 24.1 Å². The van der Waals surface area contributed by atoms with E-state index in [0.717, 1.165) is 27.4 Å². The number of rotatable bonds is 9. The van der Waals surface area contributed by atoms with Crippen LogP contribution in [0.3, 0.4) is 0 Å². The van der Waals surface area contributed by atoms with Crippen molar-refractivity contribution >= 4 is 21.6 Å². The number of methoxy groups -OCH3 is 1. The van der Waals surface area contributed by atoms with Gasteiger partial charge in [-0.15, -0.1) is 0 Å². The molecule has 0 aliphatic heterocycles. The molecular formula is C21H28N2O5S. The number of carbonyl (C=O) groups excluding carboxylic acids is 1. The Kier molecular flexibility index (Phi) is 7.50. The zero-order valence-electron chi connectivity index (χ0n) is 17.4. The molecule has 2 aromatic rings. The average molecular weight is 421 g/mol. The van der Waals surface area contributed by atoms with Gasteiger partial charge in [0.25, 0.3) is 0 Å². The van der Waals surface area contributed by atoms with Crippen molar-refractivity contribution in [2.45, 2.75) is 26.8 Å². The van der Waals surface area contributed by atoms with E-state index in [1.807, 2.05) is 32.0 Å². The summed E-state index contributed by atoms with van der Waals surface area (Å²) >= 11 is 0. The third-order valence-corrected chi connectivity index (χ3v) is 5.65. The average Bonchev–Trinajstić information content (AvgIpc) is 2.66. The van der Waals surface area contributed by atoms with Gasteiger partial charge in [-0.05, 0) is 56.7 Å². The number of aryl methyl sites for hydroxylation is 2. The molecule has 0 heterocycles. The molecule has 8 heteroatoms. The number of benzene rings is 2. The van der Waals surface area contributed by atoms with Crippen molar-refractivity contribution in [2.75, 3.05) is 30.8 Å². The minimum Gasteiger partial charge on any atom is -0.497 e. The van der Waals surface area contributed by atoms with Gasteiger partial charge in [-0.25, -0.2) is 8.42 Å². The van der Waals surface area contributed by atoms with Gasteiger partial charge in [0.2, 0.25) is 15.9 Å². The fraction of sp³-hybridized carbons (Fsp3) is 0.381. The van der Waals surface area contributed by atoms with Crippen LogP contribution in [0.25, 0.3) is 0 Å². The van der Waals surface area contributed by atoms with Crippen LogP contribution in [-0.4, -0.2) is 46.9 Å². The molecule has 0 saturated carbocycles. The van der Waals surface area contributed by atoms with E-state index in [1.165, 1.54) is 7.11 Å². The number of nitrogens with one attached hydrogen (secondary N) is 1. The largest absolute Gasteiger partial charge is 0.497 e. The molecule has 158 valence electrons. The fourth-order valence-electron chi connectivity index (χ4n) is 2.98. The van der Waals surface area contributed by atoms with Gasteiger partial charge in [-0.1, -0.05) is 17.7 Å². The molecule has 0 bridgehead atoms. The van der Waals surface area contributed by atoms with E-state index in [-0.39, 0.29) is 13.2 Å². The number of nitrogens with zero attached hydrogens (tertiary/aromatic N) is 1. The summed E-state index contributed by atoms with van der Waals surface area (Å²) in [6, 6.07) is 11.5. The van der Waals surface area contributed by atoms with E-state index < -0.39 is 22.0 Å². The maximum atomic E-state index is 12.6. The Morgan fingerprint density at radius 3 is 2.34 bits per heavy atom. The van der Waals surface area contributed by atoms with Crippen molar-refractivity contribution in [1.29, 1.82) is 0 Å². The van der Waals surface area contributed by atoms with Crippen molar-refractivity contribution in [2.24, 2.45) is 0 Å². The molecule has 2 aromatic carbocycles. The Labute approximate surface area is 172 Å². The molecule has 7 nitrogen and oxygen atoms in total. The predicted molar refractivity (Wildman–Crippen MR) is 114 cm³/mol. The van der Waals surface area contributed by atoms with E-state index in [4.69, 9.17) is 9.47 Å². The summed E-state index contributed by atoms with van der Waals surface area (Å²) in [4.78, 5) is 12.6. The summed E-state index contributed by atoms with van der Waals surface area (Å²) in [6.07, 6.45) is 1.07. The van der Waals surface area contributed by atoms with Crippen LogP contribution in [0.2, 0.25) is 0 Å². The monoisotopic (exact) mass is 420 g/mol. The molecule has 2 rings (SSSR count). The smallest absolute Gasteiger partial charge is 0.243 e. The lowest BCUT2D eigenvalue weighted by molar-refractivity contribution is -0.121. The van der Waals surface area contributed by atoms with E-state index >= 15 is 0 Å². The minimum atomic E-state index is -3.66. The van der Waals surface area contributed by atoms with Gasteiger partial charge < -0.3 is 14.8 Å². The highest BCUT2D eigenvalue weighted by atomic mass is 32.2. The predicted octanol–water partition coefficient (Wildman–Crippen LogP) is 2.66. The number of hydrogen-bond acceptors (Lipinski definition) is 5. The van der Waals surface area contributed by atoms with Crippen LogP contribution in [0, 0.1) is 13.8 Å². The van der Waals surface area contributed by atoms with Crippen LogP contribution < -0.4 is 19.1 Å². The SMILES string of the molecule is COc1ccc(N([C@@H](C)C(=O)NCCOc2ccc(C)cc2C)S(C)(=O)=O)cc1. The molecule has 0 fully saturated rings. The number of amides is 1. The Morgan fingerprint density at radius 2 is 1.79 bits per heavy atom. The first-order valence-electron chi connectivity index (χ1n) is 9.24. The highest BCUT2D eigenvalue weighted by Crippen LogP contribution is 2.24. The lowest BCUT2D eigenvalue weighted by atomic mass is 10.1. The second-order valence-corrected chi connectivity index (χ2v) is 8.70. The second-order valence-electron chi connectivity index (χ2n) is 6.84. The van der Waals surface area contributed by atoms with Crippen molar-refractivity contribution in [3.63, 3.8) is 0 Å². The maximum Gasteiger partial charge on any atom is 0.243 e. The summed E-state index contributed by atoms with van der Waals surface area (Å²) in [6.45, 7) is 6.06. The summed E-state index contributed by atoms with van der Waals surface area (Å²) in [5.74, 6) is 0.951. The molecule has 0 unspecified atom stereocenters. The zero-order chi connectivity index (χ0) is 21.6. The van der Waals surface area contributed by atoms with Crippen LogP contribution >= 0.6 is 0 Å². The fourth-order valence-corrected chi connectivity index (χ4v) is 4.16. The van der Waals surface area contributed by atoms with Gasteiger partial charge >= 0.3 is 0 Å². The van der Waals surface area contributed by atoms with Gasteiger partial charge in [0, 0.05) is 0 Å². The van der Waals surface area contributed by atoms with Crippen molar-refractivity contribution in [3.05, 3.63) is 53.6 Å². The molecule has 1 N–H and O–H groups in total. The van der Waals surface area contributed by atoms with Gasteiger partial charge in [-0.2, -0.15) is 0 Å². The zero-order valence-corrected chi connectivity index (χ0v) is 18.2. The molecule has 1 amide bonds. The lowest BCUT2D eigenvalue weighted by Crippen LogP contribution is -2.48.